The van der Waals surface area contributed by atoms with E-state index in [1.54, 1.807) is 12.1 Å². The van der Waals surface area contributed by atoms with E-state index in [1.807, 2.05) is 48.5 Å². The Hall–Kier alpha value is -5.14. The molecule has 2 aromatic heterocycles. The van der Waals surface area contributed by atoms with Gasteiger partial charge in [-0.25, -0.2) is 19.6 Å². The largest absolute Gasteiger partial charge is 0.490 e. The minimum atomic E-state index is -5.08. The zero-order valence-corrected chi connectivity index (χ0v) is 25.5. The highest BCUT2D eigenvalue weighted by atomic mass is 19.4. The fourth-order valence-corrected chi connectivity index (χ4v) is 3.50. The summed E-state index contributed by atoms with van der Waals surface area (Å²) in [5, 5.41) is 16.1. The zero-order chi connectivity index (χ0) is 36.5. The summed E-state index contributed by atoms with van der Waals surface area (Å²) in [5.74, 6) is -3.01. The van der Waals surface area contributed by atoms with Crippen molar-refractivity contribution in [1.29, 1.82) is 0 Å². The zero-order valence-electron chi connectivity index (χ0n) is 25.5. The standard InChI is InChI=1S/C26H30N4O5.2C2HF3O2/c27-25-9-7-19-21(29-25)3-1-5-23(19)34-17-15-32-13-11-31-12-14-33-16-18-35-24-6-2-4-22-20(24)8-10-26(28)30-22;2*3-2(4,5)1(6)7/h1-10H,11-18H2,(H2,27,29)(H2,28,30);2*(H,6,7). The number of carboxylic acid groups (broad SMARTS) is 2. The maximum atomic E-state index is 10.6. The molecule has 49 heavy (non-hydrogen) atoms. The molecule has 0 saturated carbocycles. The predicted octanol–water partition coefficient (Wildman–Crippen LogP) is 4.72. The molecule has 0 radical (unpaired) electrons. The van der Waals surface area contributed by atoms with Crippen LogP contribution in [0.25, 0.3) is 21.8 Å². The van der Waals surface area contributed by atoms with E-state index in [2.05, 4.69) is 9.97 Å². The Kier molecular flexibility index (Phi) is 16.0. The lowest BCUT2D eigenvalue weighted by molar-refractivity contribution is -0.193. The molecule has 0 unspecified atom stereocenters. The first-order valence-electron chi connectivity index (χ1n) is 14.0. The minimum absolute atomic E-state index is 0.437. The van der Waals surface area contributed by atoms with Crippen LogP contribution in [0.1, 0.15) is 0 Å². The topological polar surface area (TPSA) is 199 Å². The van der Waals surface area contributed by atoms with Crippen LogP contribution in [-0.2, 0) is 23.8 Å². The normalized spacial score (nSPS) is 11.2. The van der Waals surface area contributed by atoms with Gasteiger partial charge in [-0.15, -0.1) is 0 Å². The molecule has 0 spiro atoms. The van der Waals surface area contributed by atoms with Gasteiger partial charge < -0.3 is 45.4 Å². The van der Waals surface area contributed by atoms with Crippen molar-refractivity contribution in [3.05, 3.63) is 60.7 Å². The number of fused-ring (bicyclic) bond motifs is 2. The quantitative estimate of drug-likeness (QED) is 0.104. The van der Waals surface area contributed by atoms with Gasteiger partial charge in [-0.2, -0.15) is 26.3 Å². The van der Waals surface area contributed by atoms with Crippen molar-refractivity contribution in [2.45, 2.75) is 12.4 Å². The Bertz CT molecular complexity index is 1520. The number of nitrogens with two attached hydrogens (primary N) is 2. The highest BCUT2D eigenvalue weighted by Gasteiger charge is 2.38. The molecule has 4 aromatic rings. The Labute approximate surface area is 274 Å². The Morgan fingerprint density at radius 1 is 0.551 bits per heavy atom. The lowest BCUT2D eigenvalue weighted by atomic mass is 10.2. The molecule has 2 heterocycles. The molecule has 0 amide bonds. The first-order valence-corrected chi connectivity index (χ1v) is 14.0. The van der Waals surface area contributed by atoms with Crippen molar-refractivity contribution in [2.75, 3.05) is 64.3 Å². The van der Waals surface area contributed by atoms with E-state index >= 15 is 0 Å². The number of rotatable bonds is 14. The summed E-state index contributed by atoms with van der Waals surface area (Å²) in [7, 11) is 0. The summed E-state index contributed by atoms with van der Waals surface area (Å²) in [6, 6.07) is 18.8. The van der Waals surface area contributed by atoms with E-state index in [1.165, 1.54) is 0 Å². The molecule has 2 aromatic carbocycles. The Morgan fingerprint density at radius 3 is 1.16 bits per heavy atom. The number of nitrogens with zero attached hydrogens (tertiary/aromatic N) is 2. The van der Waals surface area contributed by atoms with Gasteiger partial charge in [0.2, 0.25) is 0 Å². The third kappa shape index (κ3) is 15.1. The van der Waals surface area contributed by atoms with Gasteiger partial charge in [-0.05, 0) is 48.5 Å². The predicted molar refractivity (Wildman–Crippen MR) is 163 cm³/mol. The van der Waals surface area contributed by atoms with Crippen molar-refractivity contribution in [1.82, 2.24) is 9.97 Å². The van der Waals surface area contributed by atoms with E-state index in [9.17, 15) is 26.3 Å². The van der Waals surface area contributed by atoms with Crippen LogP contribution in [0.2, 0.25) is 0 Å². The molecule has 0 aliphatic heterocycles. The summed E-state index contributed by atoms with van der Waals surface area (Å²) in [6.07, 6.45) is -10.2. The number of ether oxygens (including phenoxy) is 5. The third-order valence-corrected chi connectivity index (χ3v) is 5.63. The van der Waals surface area contributed by atoms with Crippen LogP contribution in [0, 0.1) is 0 Å². The fourth-order valence-electron chi connectivity index (χ4n) is 3.50. The molecule has 13 nitrogen and oxygen atoms in total. The number of aliphatic carboxylic acids is 2. The number of halogens is 6. The molecule has 268 valence electrons. The number of benzene rings is 2. The number of alkyl halides is 6. The number of hydrogen-bond acceptors (Lipinski definition) is 11. The van der Waals surface area contributed by atoms with Crippen LogP contribution < -0.4 is 20.9 Å². The summed E-state index contributed by atoms with van der Waals surface area (Å²) in [5.41, 5.74) is 13.1. The van der Waals surface area contributed by atoms with E-state index in [0.29, 0.717) is 64.5 Å². The average molecular weight is 707 g/mol. The van der Waals surface area contributed by atoms with Gasteiger partial charge in [0.15, 0.2) is 0 Å². The number of aromatic nitrogens is 2. The number of nitrogen functional groups attached to an aromatic ring is 2. The minimum Gasteiger partial charge on any atom is -0.490 e. The number of pyridine rings is 2. The molecule has 0 aliphatic rings. The molecule has 0 bridgehead atoms. The number of hydrogen-bond donors (Lipinski definition) is 4. The maximum absolute atomic E-state index is 10.6. The monoisotopic (exact) mass is 706 g/mol. The summed E-state index contributed by atoms with van der Waals surface area (Å²) in [4.78, 5) is 26.4. The van der Waals surface area contributed by atoms with Crippen LogP contribution in [0.3, 0.4) is 0 Å². The maximum Gasteiger partial charge on any atom is 0.490 e. The van der Waals surface area contributed by atoms with Crippen molar-refractivity contribution in [3.63, 3.8) is 0 Å². The molecular weight excluding hydrogens is 674 g/mol. The second kappa shape index (κ2) is 19.6. The smallest absolute Gasteiger partial charge is 0.490 e. The summed E-state index contributed by atoms with van der Waals surface area (Å²) in [6.45, 7) is 3.75. The van der Waals surface area contributed by atoms with Crippen LogP contribution in [0.4, 0.5) is 38.0 Å². The molecule has 4 rings (SSSR count). The van der Waals surface area contributed by atoms with Gasteiger partial charge >= 0.3 is 24.3 Å². The van der Waals surface area contributed by atoms with Gasteiger partial charge in [0.25, 0.3) is 0 Å². The van der Waals surface area contributed by atoms with Gasteiger partial charge in [0, 0.05) is 10.8 Å². The van der Waals surface area contributed by atoms with Crippen LogP contribution in [0.15, 0.2) is 60.7 Å². The van der Waals surface area contributed by atoms with Gasteiger partial charge in [-0.3, -0.25) is 0 Å². The molecule has 0 aliphatic carbocycles. The summed E-state index contributed by atoms with van der Waals surface area (Å²) < 4.78 is 91.8. The second-order valence-electron chi connectivity index (χ2n) is 9.26. The van der Waals surface area contributed by atoms with E-state index in [4.69, 9.17) is 55.0 Å². The van der Waals surface area contributed by atoms with Crippen LogP contribution in [-0.4, -0.2) is 97.3 Å². The first-order chi connectivity index (χ1) is 23.1. The summed E-state index contributed by atoms with van der Waals surface area (Å²) >= 11 is 0. The second-order valence-corrected chi connectivity index (χ2v) is 9.26. The Balaban J connectivity index is 0.000000500. The van der Waals surface area contributed by atoms with Crippen molar-refractivity contribution < 1.29 is 69.8 Å². The molecule has 0 fully saturated rings. The van der Waals surface area contributed by atoms with Crippen molar-refractivity contribution in [3.8, 4) is 11.5 Å². The average Bonchev–Trinajstić information content (AvgIpc) is 3.02. The lowest BCUT2D eigenvalue weighted by Gasteiger charge is -2.11. The van der Waals surface area contributed by atoms with Crippen LogP contribution >= 0.6 is 0 Å². The molecule has 0 saturated heterocycles. The SMILES string of the molecule is Nc1ccc2c(OCCOCCOCCOCCOc3cccc4nc(N)ccc34)cccc2n1.O=C(O)C(F)(F)F.O=C(O)C(F)(F)F. The van der Waals surface area contributed by atoms with E-state index in [0.717, 1.165) is 33.3 Å². The van der Waals surface area contributed by atoms with E-state index < -0.39 is 24.3 Å². The van der Waals surface area contributed by atoms with Crippen LogP contribution in [0.5, 0.6) is 11.5 Å². The number of anilines is 2. The molecular formula is C30H32F6N4O9. The van der Waals surface area contributed by atoms with Crippen molar-refractivity contribution in [2.24, 2.45) is 0 Å². The molecule has 0 atom stereocenters. The third-order valence-electron chi connectivity index (χ3n) is 5.63. The van der Waals surface area contributed by atoms with Crippen molar-refractivity contribution >= 4 is 45.4 Å². The first kappa shape index (κ1) is 40.0. The number of carboxylic acids is 2. The highest BCUT2D eigenvalue weighted by Crippen LogP contribution is 2.26. The molecule has 19 heteroatoms. The number of carbonyl (C=O) groups is 2. The fraction of sp³-hybridized carbons (Fsp3) is 0.333. The van der Waals surface area contributed by atoms with Gasteiger partial charge in [0.05, 0.1) is 50.7 Å². The van der Waals surface area contributed by atoms with E-state index in [-0.39, 0.29) is 0 Å². The molecule has 6 N–H and O–H groups in total. The van der Waals surface area contributed by atoms with Gasteiger partial charge in [0.1, 0.15) is 36.3 Å². The lowest BCUT2D eigenvalue weighted by Crippen LogP contribution is -2.21. The highest BCUT2D eigenvalue weighted by molar-refractivity contribution is 5.87. The van der Waals surface area contributed by atoms with Gasteiger partial charge in [-0.1, -0.05) is 12.1 Å². The Morgan fingerprint density at radius 2 is 0.857 bits per heavy atom.